The highest BCUT2D eigenvalue weighted by Crippen LogP contribution is 2.28. The van der Waals surface area contributed by atoms with Gasteiger partial charge in [0.25, 0.3) is 0 Å². The van der Waals surface area contributed by atoms with Crippen LogP contribution in [0.25, 0.3) is 0 Å². The van der Waals surface area contributed by atoms with Crippen molar-refractivity contribution in [1.29, 1.82) is 0 Å². The number of piperidine rings is 1. The van der Waals surface area contributed by atoms with Gasteiger partial charge in [-0.25, -0.2) is 4.39 Å². The smallest absolute Gasteiger partial charge is 0.306 e. The van der Waals surface area contributed by atoms with Gasteiger partial charge in [0.05, 0.1) is 10.9 Å². The highest BCUT2D eigenvalue weighted by molar-refractivity contribution is 6.30. The van der Waals surface area contributed by atoms with Crippen LogP contribution in [0.2, 0.25) is 5.02 Å². The molecule has 1 fully saturated rings. The molecule has 1 saturated heterocycles. The zero-order chi connectivity index (χ0) is 14.7. The summed E-state index contributed by atoms with van der Waals surface area (Å²) in [6.45, 7) is 3.20. The van der Waals surface area contributed by atoms with Gasteiger partial charge in [-0.2, -0.15) is 0 Å². The van der Waals surface area contributed by atoms with Crippen LogP contribution in [0.1, 0.15) is 31.7 Å². The molecule has 2 unspecified atom stereocenters. The van der Waals surface area contributed by atoms with Crippen LogP contribution in [0.4, 0.5) is 4.39 Å². The second kappa shape index (κ2) is 6.55. The van der Waals surface area contributed by atoms with Gasteiger partial charge < -0.3 is 5.11 Å². The van der Waals surface area contributed by atoms with E-state index in [2.05, 4.69) is 4.90 Å². The molecule has 1 aliphatic heterocycles. The lowest BCUT2D eigenvalue weighted by Crippen LogP contribution is -2.43. The number of carboxylic acids is 1. The second-order valence-corrected chi connectivity index (χ2v) is 5.71. The molecule has 0 bridgehead atoms. The maximum atomic E-state index is 13.9. The SMILES string of the molecule is CCC1CC(C(=O)O)CCN1Cc1cccc(Cl)c1F. The quantitative estimate of drug-likeness (QED) is 0.924. The van der Waals surface area contributed by atoms with Gasteiger partial charge >= 0.3 is 5.97 Å². The molecular weight excluding hydrogens is 281 g/mol. The molecule has 1 aliphatic rings. The molecule has 1 aromatic rings. The van der Waals surface area contributed by atoms with Crippen LogP contribution in [0.3, 0.4) is 0 Å². The molecule has 3 nitrogen and oxygen atoms in total. The third-order valence-electron chi connectivity index (χ3n) is 4.06. The van der Waals surface area contributed by atoms with E-state index in [4.69, 9.17) is 16.7 Å². The molecule has 2 rings (SSSR count). The Labute approximate surface area is 123 Å². The lowest BCUT2D eigenvalue weighted by molar-refractivity contribution is -0.144. The van der Waals surface area contributed by atoms with Gasteiger partial charge in [-0.15, -0.1) is 0 Å². The van der Waals surface area contributed by atoms with E-state index in [1.165, 1.54) is 6.07 Å². The Morgan fingerprint density at radius 2 is 2.30 bits per heavy atom. The molecule has 0 aromatic heterocycles. The lowest BCUT2D eigenvalue weighted by atomic mass is 9.89. The number of likely N-dealkylation sites (tertiary alicyclic amines) is 1. The predicted molar refractivity (Wildman–Crippen MR) is 76.3 cm³/mol. The van der Waals surface area contributed by atoms with Crippen molar-refractivity contribution in [3.8, 4) is 0 Å². The Bertz CT molecular complexity index is 495. The lowest BCUT2D eigenvalue weighted by Gasteiger charge is -2.38. The van der Waals surface area contributed by atoms with E-state index in [1.807, 2.05) is 6.92 Å². The Morgan fingerprint density at radius 3 is 2.95 bits per heavy atom. The number of hydrogen-bond acceptors (Lipinski definition) is 2. The number of carbonyl (C=O) groups is 1. The number of aliphatic carboxylic acids is 1. The number of rotatable bonds is 4. The van der Waals surface area contributed by atoms with Crippen molar-refractivity contribution in [1.82, 2.24) is 4.90 Å². The Hall–Kier alpha value is -1.13. The minimum atomic E-state index is -0.725. The summed E-state index contributed by atoms with van der Waals surface area (Å²) in [5.41, 5.74) is 0.574. The van der Waals surface area contributed by atoms with Gasteiger partial charge in [0.2, 0.25) is 0 Å². The van der Waals surface area contributed by atoms with Gasteiger partial charge in [0, 0.05) is 18.2 Å². The van der Waals surface area contributed by atoms with E-state index in [0.29, 0.717) is 31.5 Å². The summed E-state index contributed by atoms with van der Waals surface area (Å²) in [5.74, 6) is -1.37. The third-order valence-corrected chi connectivity index (χ3v) is 4.36. The van der Waals surface area contributed by atoms with E-state index >= 15 is 0 Å². The summed E-state index contributed by atoms with van der Waals surface area (Å²) in [4.78, 5) is 13.2. The second-order valence-electron chi connectivity index (χ2n) is 5.31. The van der Waals surface area contributed by atoms with Crippen molar-refractivity contribution in [2.24, 2.45) is 5.92 Å². The Kier molecular flexibility index (Phi) is 5.00. The molecule has 0 aliphatic carbocycles. The molecule has 0 amide bonds. The zero-order valence-electron chi connectivity index (χ0n) is 11.5. The van der Waals surface area contributed by atoms with Crippen LogP contribution in [0.15, 0.2) is 18.2 Å². The van der Waals surface area contributed by atoms with Crippen LogP contribution >= 0.6 is 11.6 Å². The average molecular weight is 300 g/mol. The number of nitrogens with zero attached hydrogens (tertiary/aromatic N) is 1. The van der Waals surface area contributed by atoms with Gasteiger partial charge in [-0.05, 0) is 31.9 Å². The van der Waals surface area contributed by atoms with Crippen molar-refractivity contribution in [2.75, 3.05) is 6.54 Å². The van der Waals surface area contributed by atoms with Gasteiger partial charge in [0.15, 0.2) is 0 Å². The monoisotopic (exact) mass is 299 g/mol. The summed E-state index contributed by atoms with van der Waals surface area (Å²) in [6.07, 6.45) is 2.12. The van der Waals surface area contributed by atoms with E-state index in [-0.39, 0.29) is 22.8 Å². The minimum absolute atomic E-state index is 0.135. The Morgan fingerprint density at radius 1 is 1.55 bits per heavy atom. The largest absolute Gasteiger partial charge is 0.481 e. The number of halogens is 2. The fourth-order valence-corrected chi connectivity index (χ4v) is 3.04. The highest BCUT2D eigenvalue weighted by atomic mass is 35.5. The van der Waals surface area contributed by atoms with Gasteiger partial charge in [0.1, 0.15) is 5.82 Å². The highest BCUT2D eigenvalue weighted by Gasteiger charge is 2.31. The molecule has 20 heavy (non-hydrogen) atoms. The normalized spacial score (nSPS) is 23.8. The van der Waals surface area contributed by atoms with E-state index < -0.39 is 5.97 Å². The molecule has 5 heteroatoms. The first-order valence-electron chi connectivity index (χ1n) is 6.92. The standard InChI is InChI=1S/C15H19ClFNO2/c1-2-12-8-10(15(19)20)6-7-18(12)9-11-4-3-5-13(16)14(11)17/h3-5,10,12H,2,6-9H2,1H3,(H,19,20). The molecule has 1 heterocycles. The zero-order valence-corrected chi connectivity index (χ0v) is 12.2. The summed E-state index contributed by atoms with van der Waals surface area (Å²) >= 11 is 5.80. The topological polar surface area (TPSA) is 40.5 Å². The average Bonchev–Trinajstić information content (AvgIpc) is 2.44. The maximum Gasteiger partial charge on any atom is 0.306 e. The van der Waals surface area contributed by atoms with Crippen molar-refractivity contribution < 1.29 is 14.3 Å². The van der Waals surface area contributed by atoms with Crippen LogP contribution < -0.4 is 0 Å². The van der Waals surface area contributed by atoms with Crippen molar-refractivity contribution in [3.63, 3.8) is 0 Å². The van der Waals surface area contributed by atoms with Gasteiger partial charge in [-0.3, -0.25) is 9.69 Å². The fraction of sp³-hybridized carbons (Fsp3) is 0.533. The summed E-state index contributed by atoms with van der Waals surface area (Å²) in [5, 5.41) is 9.25. The molecule has 0 spiro atoms. The molecule has 1 aromatic carbocycles. The van der Waals surface area contributed by atoms with Gasteiger partial charge in [-0.1, -0.05) is 30.7 Å². The molecule has 0 radical (unpaired) electrons. The summed E-state index contributed by atoms with van der Waals surface area (Å²) in [6, 6.07) is 5.19. The predicted octanol–water partition coefficient (Wildman–Crippen LogP) is 3.55. The molecule has 0 saturated carbocycles. The number of hydrogen-bond donors (Lipinski definition) is 1. The molecule has 1 N–H and O–H groups in total. The summed E-state index contributed by atoms with van der Waals surface area (Å²) < 4.78 is 13.9. The van der Waals surface area contributed by atoms with E-state index in [0.717, 1.165) is 6.42 Å². The molecule has 110 valence electrons. The first kappa shape index (κ1) is 15.3. The first-order chi connectivity index (χ1) is 9.52. The van der Waals surface area contributed by atoms with Crippen LogP contribution in [-0.2, 0) is 11.3 Å². The Balaban J connectivity index is 2.09. The number of benzene rings is 1. The van der Waals surface area contributed by atoms with E-state index in [9.17, 15) is 9.18 Å². The number of carboxylic acid groups (broad SMARTS) is 1. The third kappa shape index (κ3) is 3.30. The van der Waals surface area contributed by atoms with Crippen molar-refractivity contribution in [2.45, 2.75) is 38.8 Å². The fourth-order valence-electron chi connectivity index (χ4n) is 2.85. The van der Waals surface area contributed by atoms with E-state index in [1.54, 1.807) is 12.1 Å². The van der Waals surface area contributed by atoms with Crippen molar-refractivity contribution in [3.05, 3.63) is 34.6 Å². The molecule has 2 atom stereocenters. The van der Waals surface area contributed by atoms with Crippen LogP contribution in [0.5, 0.6) is 0 Å². The molecular formula is C15H19ClFNO2. The van der Waals surface area contributed by atoms with Crippen LogP contribution in [0, 0.1) is 11.7 Å². The summed E-state index contributed by atoms with van der Waals surface area (Å²) in [7, 11) is 0. The minimum Gasteiger partial charge on any atom is -0.481 e. The first-order valence-corrected chi connectivity index (χ1v) is 7.30. The van der Waals surface area contributed by atoms with Crippen molar-refractivity contribution >= 4 is 17.6 Å². The van der Waals surface area contributed by atoms with Crippen LogP contribution in [-0.4, -0.2) is 28.6 Å². The maximum absolute atomic E-state index is 13.9.